The third kappa shape index (κ3) is 2.93. The van der Waals surface area contributed by atoms with Gasteiger partial charge in [-0.25, -0.2) is 17.2 Å². The van der Waals surface area contributed by atoms with Gasteiger partial charge in [0.2, 0.25) is 0 Å². The van der Waals surface area contributed by atoms with E-state index in [0.29, 0.717) is 4.88 Å². The number of thiophene rings is 1. The molecule has 1 aromatic heterocycles. The molecule has 1 heterocycles. The molecule has 1 aromatic carbocycles. The zero-order valence-corrected chi connectivity index (χ0v) is 11.8. The van der Waals surface area contributed by atoms with Crippen LogP contribution in [0.1, 0.15) is 9.75 Å². The monoisotopic (exact) mass is 303 g/mol. The predicted molar refractivity (Wildman–Crippen MR) is 71.0 cm³/mol. The first-order chi connectivity index (χ1) is 8.79. The molecule has 0 fully saturated rings. The van der Waals surface area contributed by atoms with E-state index in [0.717, 1.165) is 23.1 Å². The first-order valence-corrected chi connectivity index (χ1v) is 7.64. The lowest BCUT2D eigenvalue weighted by Gasteiger charge is -2.08. The van der Waals surface area contributed by atoms with Gasteiger partial charge in [0.15, 0.2) is 0 Å². The molecule has 0 aliphatic heterocycles. The number of aryl methyl sites for hydroxylation is 2. The fourth-order valence-corrected chi connectivity index (χ4v) is 4.26. The lowest BCUT2D eigenvalue weighted by atomic mass is 10.3. The van der Waals surface area contributed by atoms with Crippen LogP contribution >= 0.6 is 11.3 Å². The molecule has 102 valence electrons. The molecule has 0 saturated heterocycles. The predicted octanol–water partition coefficient (Wildman–Crippen LogP) is 3.44. The van der Waals surface area contributed by atoms with Gasteiger partial charge in [0, 0.05) is 15.8 Å². The highest BCUT2D eigenvalue weighted by atomic mass is 32.2. The van der Waals surface area contributed by atoms with Gasteiger partial charge in [-0.05, 0) is 32.0 Å². The summed E-state index contributed by atoms with van der Waals surface area (Å²) in [6.45, 7) is 3.44. The average Bonchev–Trinajstić information content (AvgIpc) is 2.63. The summed E-state index contributed by atoms with van der Waals surface area (Å²) in [6.07, 6.45) is 0. The Morgan fingerprint density at radius 2 is 1.84 bits per heavy atom. The Hall–Kier alpha value is -1.47. The van der Waals surface area contributed by atoms with Crippen molar-refractivity contribution in [1.29, 1.82) is 0 Å². The van der Waals surface area contributed by atoms with Crippen LogP contribution in [0.4, 0.5) is 14.5 Å². The fraction of sp³-hybridized carbons (Fsp3) is 0.167. The molecular formula is C12H11F2NO2S2. The first kappa shape index (κ1) is 14.0. The zero-order chi connectivity index (χ0) is 14.2. The van der Waals surface area contributed by atoms with Gasteiger partial charge in [0.25, 0.3) is 10.0 Å². The molecule has 2 aromatic rings. The molecule has 2 rings (SSSR count). The summed E-state index contributed by atoms with van der Waals surface area (Å²) in [5.74, 6) is -1.54. The van der Waals surface area contributed by atoms with Gasteiger partial charge in [-0.15, -0.1) is 11.3 Å². The number of sulfonamides is 1. The van der Waals surface area contributed by atoms with Crippen molar-refractivity contribution in [2.75, 3.05) is 4.72 Å². The lowest BCUT2D eigenvalue weighted by Crippen LogP contribution is -2.14. The lowest BCUT2D eigenvalue weighted by molar-refractivity contribution is 0.594. The minimum absolute atomic E-state index is 0.0821. The van der Waals surface area contributed by atoms with E-state index < -0.39 is 27.3 Å². The number of halogens is 2. The topological polar surface area (TPSA) is 46.2 Å². The number of anilines is 1. The van der Waals surface area contributed by atoms with Gasteiger partial charge in [-0.1, -0.05) is 0 Å². The number of benzene rings is 1. The first-order valence-electron chi connectivity index (χ1n) is 5.34. The van der Waals surface area contributed by atoms with Crippen molar-refractivity contribution in [3.8, 4) is 0 Å². The van der Waals surface area contributed by atoms with E-state index in [1.807, 2.05) is 0 Å². The molecule has 0 aliphatic carbocycles. The van der Waals surface area contributed by atoms with E-state index in [4.69, 9.17) is 0 Å². The van der Waals surface area contributed by atoms with Crippen molar-refractivity contribution in [3.63, 3.8) is 0 Å². The molecule has 0 amide bonds. The molecular weight excluding hydrogens is 292 g/mol. The summed E-state index contributed by atoms with van der Waals surface area (Å²) in [6, 6.07) is 4.10. The third-order valence-electron chi connectivity index (χ3n) is 2.46. The highest BCUT2D eigenvalue weighted by Gasteiger charge is 2.20. The Bertz CT molecular complexity index is 723. The maximum absolute atomic E-state index is 13.4. The summed E-state index contributed by atoms with van der Waals surface area (Å²) >= 11 is 1.33. The van der Waals surface area contributed by atoms with Crippen molar-refractivity contribution in [2.24, 2.45) is 0 Å². The molecule has 0 saturated carbocycles. The molecule has 0 spiro atoms. The van der Waals surface area contributed by atoms with Crippen LogP contribution in [0.25, 0.3) is 0 Å². The Balaban J connectivity index is 2.42. The summed E-state index contributed by atoms with van der Waals surface area (Å²) in [5.41, 5.74) is -0.400. The van der Waals surface area contributed by atoms with Crippen LogP contribution in [0.3, 0.4) is 0 Å². The fourth-order valence-electron chi connectivity index (χ4n) is 1.65. The second-order valence-electron chi connectivity index (χ2n) is 4.01. The number of hydrogen-bond donors (Lipinski definition) is 1. The molecule has 0 atom stereocenters. The van der Waals surface area contributed by atoms with Gasteiger partial charge in [-0.3, -0.25) is 4.72 Å². The van der Waals surface area contributed by atoms with Crippen LogP contribution in [-0.2, 0) is 10.0 Å². The Labute approximate surface area is 114 Å². The van der Waals surface area contributed by atoms with Gasteiger partial charge < -0.3 is 0 Å². The van der Waals surface area contributed by atoms with Crippen LogP contribution in [0.2, 0.25) is 0 Å². The SMILES string of the molecule is Cc1cc(S(=O)(=O)Nc2cc(F)ccc2F)c(C)s1. The van der Waals surface area contributed by atoms with E-state index in [-0.39, 0.29) is 4.90 Å². The number of rotatable bonds is 3. The number of hydrogen-bond acceptors (Lipinski definition) is 3. The quantitative estimate of drug-likeness (QED) is 0.944. The second kappa shape index (κ2) is 4.90. The van der Waals surface area contributed by atoms with E-state index in [2.05, 4.69) is 4.72 Å². The Kier molecular flexibility index (Phi) is 3.60. The van der Waals surface area contributed by atoms with E-state index in [1.165, 1.54) is 17.4 Å². The largest absolute Gasteiger partial charge is 0.277 e. The molecule has 7 heteroatoms. The van der Waals surface area contributed by atoms with Crippen molar-refractivity contribution < 1.29 is 17.2 Å². The maximum Gasteiger partial charge on any atom is 0.263 e. The maximum atomic E-state index is 13.4. The van der Waals surface area contributed by atoms with E-state index in [9.17, 15) is 17.2 Å². The standard InChI is InChI=1S/C12H11F2NO2S2/c1-7-5-12(8(2)18-7)19(16,17)15-11-6-9(13)3-4-10(11)14/h3-6,15H,1-2H3. The van der Waals surface area contributed by atoms with Crippen molar-refractivity contribution in [3.05, 3.63) is 45.7 Å². The molecule has 0 bridgehead atoms. The van der Waals surface area contributed by atoms with Crippen LogP contribution < -0.4 is 4.72 Å². The van der Waals surface area contributed by atoms with Crippen LogP contribution in [0.5, 0.6) is 0 Å². The molecule has 1 N–H and O–H groups in total. The molecule has 0 aliphatic rings. The Morgan fingerprint density at radius 3 is 2.42 bits per heavy atom. The number of nitrogens with one attached hydrogen (secondary N) is 1. The molecule has 0 unspecified atom stereocenters. The second-order valence-corrected chi connectivity index (χ2v) is 7.12. The van der Waals surface area contributed by atoms with Crippen LogP contribution in [0.15, 0.2) is 29.2 Å². The van der Waals surface area contributed by atoms with Gasteiger partial charge in [0.1, 0.15) is 16.5 Å². The zero-order valence-electron chi connectivity index (χ0n) is 10.2. The van der Waals surface area contributed by atoms with Gasteiger partial charge >= 0.3 is 0 Å². The van der Waals surface area contributed by atoms with E-state index >= 15 is 0 Å². The molecule has 0 radical (unpaired) electrons. The van der Waals surface area contributed by atoms with Gasteiger partial charge in [0.05, 0.1) is 5.69 Å². The van der Waals surface area contributed by atoms with Gasteiger partial charge in [-0.2, -0.15) is 0 Å². The van der Waals surface area contributed by atoms with Crippen LogP contribution in [-0.4, -0.2) is 8.42 Å². The van der Waals surface area contributed by atoms with Crippen molar-refractivity contribution in [2.45, 2.75) is 18.7 Å². The minimum atomic E-state index is -3.91. The summed E-state index contributed by atoms with van der Waals surface area (Å²) < 4.78 is 52.7. The van der Waals surface area contributed by atoms with Crippen molar-refractivity contribution >= 4 is 27.0 Å². The minimum Gasteiger partial charge on any atom is -0.277 e. The van der Waals surface area contributed by atoms with Crippen molar-refractivity contribution in [1.82, 2.24) is 0 Å². The normalized spacial score (nSPS) is 11.6. The molecule has 3 nitrogen and oxygen atoms in total. The highest BCUT2D eigenvalue weighted by Crippen LogP contribution is 2.27. The molecule has 19 heavy (non-hydrogen) atoms. The summed E-state index contributed by atoms with van der Waals surface area (Å²) in [7, 11) is -3.91. The summed E-state index contributed by atoms with van der Waals surface area (Å²) in [5, 5.41) is 0. The van der Waals surface area contributed by atoms with Crippen LogP contribution in [0, 0.1) is 25.5 Å². The smallest absolute Gasteiger partial charge is 0.263 e. The highest BCUT2D eigenvalue weighted by molar-refractivity contribution is 7.93. The van der Waals surface area contributed by atoms with E-state index in [1.54, 1.807) is 13.8 Å². The summed E-state index contributed by atoms with van der Waals surface area (Å²) in [4.78, 5) is 1.51. The third-order valence-corrected chi connectivity index (χ3v) is 5.04. The average molecular weight is 303 g/mol. The Morgan fingerprint density at radius 1 is 1.16 bits per heavy atom.